The molecule has 0 atom stereocenters. The maximum Gasteiger partial charge on any atom is 0.141 e. The standard InChI is InChI=1S/C24H16FN5/c1-2-16-6-8-23-21(11-16)24(27-15-26-23)28-20-7-9-22-18(12-20)14-30(29-22)13-17-4-3-5-19(25)10-17/h1,3-12,14-15H,13H2,(H,26,27,28). The second-order valence-electron chi connectivity index (χ2n) is 6.95. The van der Waals surface area contributed by atoms with E-state index in [0.29, 0.717) is 12.4 Å². The van der Waals surface area contributed by atoms with Gasteiger partial charge in [-0.2, -0.15) is 5.10 Å². The molecule has 0 bridgehead atoms. The Morgan fingerprint density at radius 3 is 2.77 bits per heavy atom. The molecule has 5 aromatic rings. The number of nitrogens with one attached hydrogen (secondary N) is 1. The van der Waals surface area contributed by atoms with Gasteiger partial charge < -0.3 is 5.32 Å². The number of aromatic nitrogens is 4. The normalized spacial score (nSPS) is 10.9. The molecule has 0 aliphatic carbocycles. The number of anilines is 2. The topological polar surface area (TPSA) is 55.6 Å². The minimum Gasteiger partial charge on any atom is -0.340 e. The number of rotatable bonds is 4. The van der Waals surface area contributed by atoms with Crippen LogP contribution in [0.15, 0.2) is 73.2 Å². The highest BCUT2D eigenvalue weighted by molar-refractivity contribution is 5.92. The molecule has 144 valence electrons. The van der Waals surface area contributed by atoms with Crippen molar-refractivity contribution in [1.29, 1.82) is 0 Å². The second-order valence-corrected chi connectivity index (χ2v) is 6.95. The Hall–Kier alpha value is -4.24. The molecule has 0 amide bonds. The summed E-state index contributed by atoms with van der Waals surface area (Å²) in [6, 6.07) is 18.1. The van der Waals surface area contributed by atoms with Gasteiger partial charge >= 0.3 is 0 Å². The molecule has 2 aromatic heterocycles. The summed E-state index contributed by atoms with van der Waals surface area (Å²) < 4.78 is 15.2. The van der Waals surface area contributed by atoms with Crippen molar-refractivity contribution in [3.8, 4) is 12.3 Å². The van der Waals surface area contributed by atoms with Gasteiger partial charge in [0.2, 0.25) is 0 Å². The number of fused-ring (bicyclic) bond motifs is 2. The van der Waals surface area contributed by atoms with E-state index < -0.39 is 0 Å². The fraction of sp³-hybridized carbons (Fsp3) is 0.0417. The van der Waals surface area contributed by atoms with Crippen molar-refractivity contribution in [1.82, 2.24) is 19.7 Å². The number of terminal acetylenes is 1. The maximum absolute atomic E-state index is 13.4. The smallest absolute Gasteiger partial charge is 0.141 e. The highest BCUT2D eigenvalue weighted by Gasteiger charge is 2.08. The van der Waals surface area contributed by atoms with Gasteiger partial charge in [0, 0.05) is 28.2 Å². The van der Waals surface area contributed by atoms with Crippen molar-refractivity contribution in [2.45, 2.75) is 6.54 Å². The first-order valence-corrected chi connectivity index (χ1v) is 9.38. The first-order valence-electron chi connectivity index (χ1n) is 9.38. The molecule has 0 aliphatic heterocycles. The predicted octanol–water partition coefficient (Wildman–Crippen LogP) is 4.89. The highest BCUT2D eigenvalue weighted by atomic mass is 19.1. The second kappa shape index (κ2) is 7.30. The largest absolute Gasteiger partial charge is 0.340 e. The third kappa shape index (κ3) is 3.45. The zero-order valence-electron chi connectivity index (χ0n) is 15.9. The number of hydrogen-bond donors (Lipinski definition) is 1. The zero-order valence-corrected chi connectivity index (χ0v) is 15.9. The van der Waals surface area contributed by atoms with Crippen LogP contribution >= 0.6 is 0 Å². The monoisotopic (exact) mass is 393 g/mol. The molecular formula is C24H16FN5. The summed E-state index contributed by atoms with van der Waals surface area (Å²) in [5.74, 6) is 3.08. The molecule has 3 aromatic carbocycles. The fourth-order valence-corrected chi connectivity index (χ4v) is 3.44. The van der Waals surface area contributed by atoms with Crippen LogP contribution in [0.4, 0.5) is 15.9 Å². The fourth-order valence-electron chi connectivity index (χ4n) is 3.44. The quantitative estimate of drug-likeness (QED) is 0.442. The molecule has 0 radical (unpaired) electrons. The number of halogens is 1. The van der Waals surface area contributed by atoms with Gasteiger partial charge in [-0.25, -0.2) is 14.4 Å². The Labute approximate surface area is 172 Å². The van der Waals surface area contributed by atoms with Crippen molar-refractivity contribution in [2.24, 2.45) is 0 Å². The van der Waals surface area contributed by atoms with Crippen LogP contribution in [-0.4, -0.2) is 19.7 Å². The number of nitrogens with zero attached hydrogens (tertiary/aromatic N) is 4. The SMILES string of the molecule is C#Cc1ccc2ncnc(Nc3ccc4nn(Cc5cccc(F)c5)cc4c3)c2c1. The van der Waals surface area contributed by atoms with Gasteiger partial charge in [-0.05, 0) is 54.1 Å². The van der Waals surface area contributed by atoms with Crippen molar-refractivity contribution in [3.05, 3.63) is 90.1 Å². The van der Waals surface area contributed by atoms with Crippen LogP contribution < -0.4 is 5.32 Å². The first kappa shape index (κ1) is 17.8. The van der Waals surface area contributed by atoms with E-state index in [1.54, 1.807) is 6.07 Å². The summed E-state index contributed by atoms with van der Waals surface area (Å²) in [5, 5.41) is 9.76. The highest BCUT2D eigenvalue weighted by Crippen LogP contribution is 2.26. The van der Waals surface area contributed by atoms with Crippen molar-refractivity contribution < 1.29 is 4.39 Å². The molecule has 0 aliphatic rings. The average Bonchev–Trinajstić information content (AvgIpc) is 3.15. The Morgan fingerprint density at radius 2 is 1.90 bits per heavy atom. The first-order chi connectivity index (χ1) is 14.7. The number of benzene rings is 3. The average molecular weight is 393 g/mol. The van der Waals surface area contributed by atoms with Crippen LogP contribution in [0.2, 0.25) is 0 Å². The van der Waals surface area contributed by atoms with Gasteiger partial charge in [-0.15, -0.1) is 6.42 Å². The molecule has 2 heterocycles. The molecule has 5 nitrogen and oxygen atoms in total. The van der Waals surface area contributed by atoms with E-state index in [2.05, 4.69) is 26.3 Å². The van der Waals surface area contributed by atoms with E-state index in [4.69, 9.17) is 6.42 Å². The molecule has 0 saturated heterocycles. The Kier molecular flexibility index (Phi) is 4.34. The molecule has 30 heavy (non-hydrogen) atoms. The van der Waals surface area contributed by atoms with Crippen LogP contribution in [-0.2, 0) is 6.54 Å². The summed E-state index contributed by atoms with van der Waals surface area (Å²) in [4.78, 5) is 8.68. The van der Waals surface area contributed by atoms with Crippen LogP contribution in [0.1, 0.15) is 11.1 Å². The lowest BCUT2D eigenvalue weighted by Gasteiger charge is -2.08. The van der Waals surface area contributed by atoms with Crippen LogP contribution in [0.5, 0.6) is 0 Å². The molecule has 0 spiro atoms. The van der Waals surface area contributed by atoms with Gasteiger partial charge in [0.15, 0.2) is 0 Å². The van der Waals surface area contributed by atoms with Crippen LogP contribution in [0.3, 0.4) is 0 Å². The third-order valence-electron chi connectivity index (χ3n) is 4.85. The third-order valence-corrected chi connectivity index (χ3v) is 4.85. The van der Waals surface area contributed by atoms with E-state index in [1.165, 1.54) is 18.5 Å². The molecule has 0 unspecified atom stereocenters. The van der Waals surface area contributed by atoms with E-state index in [1.807, 2.05) is 53.3 Å². The molecular weight excluding hydrogens is 377 g/mol. The van der Waals surface area contributed by atoms with E-state index in [0.717, 1.165) is 38.6 Å². The van der Waals surface area contributed by atoms with Crippen molar-refractivity contribution in [2.75, 3.05) is 5.32 Å². The summed E-state index contributed by atoms with van der Waals surface area (Å²) in [6.45, 7) is 0.501. The minimum atomic E-state index is -0.249. The van der Waals surface area contributed by atoms with E-state index in [9.17, 15) is 4.39 Å². The van der Waals surface area contributed by atoms with Gasteiger partial charge in [-0.3, -0.25) is 4.68 Å². The van der Waals surface area contributed by atoms with Gasteiger partial charge in [0.25, 0.3) is 0 Å². The number of hydrogen-bond acceptors (Lipinski definition) is 4. The molecule has 0 saturated carbocycles. The zero-order chi connectivity index (χ0) is 20.5. The van der Waals surface area contributed by atoms with Crippen LogP contribution in [0.25, 0.3) is 21.8 Å². The summed E-state index contributed by atoms with van der Waals surface area (Å²) >= 11 is 0. The Balaban J connectivity index is 1.46. The molecule has 5 rings (SSSR count). The lowest BCUT2D eigenvalue weighted by Crippen LogP contribution is -1.99. The predicted molar refractivity (Wildman–Crippen MR) is 116 cm³/mol. The lowest BCUT2D eigenvalue weighted by atomic mass is 10.1. The van der Waals surface area contributed by atoms with Gasteiger partial charge in [0.05, 0.1) is 17.6 Å². The van der Waals surface area contributed by atoms with Crippen molar-refractivity contribution >= 4 is 33.3 Å². The molecule has 1 N–H and O–H groups in total. The lowest BCUT2D eigenvalue weighted by molar-refractivity contribution is 0.620. The van der Waals surface area contributed by atoms with E-state index in [-0.39, 0.29) is 5.82 Å². The van der Waals surface area contributed by atoms with E-state index >= 15 is 0 Å². The molecule has 6 heteroatoms. The Morgan fingerprint density at radius 1 is 1.00 bits per heavy atom. The maximum atomic E-state index is 13.4. The van der Waals surface area contributed by atoms with Crippen LogP contribution in [0, 0.1) is 18.2 Å². The summed E-state index contributed by atoms with van der Waals surface area (Å²) in [7, 11) is 0. The van der Waals surface area contributed by atoms with Gasteiger partial charge in [-0.1, -0.05) is 18.1 Å². The van der Waals surface area contributed by atoms with Crippen molar-refractivity contribution in [3.63, 3.8) is 0 Å². The summed E-state index contributed by atoms with van der Waals surface area (Å²) in [6.07, 6.45) is 9.00. The van der Waals surface area contributed by atoms with Gasteiger partial charge in [0.1, 0.15) is 18.0 Å². The molecule has 0 fully saturated rings. The Bertz CT molecular complexity index is 1430. The summed E-state index contributed by atoms with van der Waals surface area (Å²) in [5.41, 5.74) is 4.18. The minimum absolute atomic E-state index is 0.249.